The van der Waals surface area contributed by atoms with Crippen molar-refractivity contribution < 1.29 is 22.5 Å². The normalized spacial score (nSPS) is 11.3. The van der Waals surface area contributed by atoms with Gasteiger partial charge in [-0.2, -0.15) is 4.98 Å². The van der Waals surface area contributed by atoms with Gasteiger partial charge in [0.2, 0.25) is 27.6 Å². The fraction of sp³-hybridized carbons (Fsp3) is 0.350. The molecule has 0 aliphatic heterocycles. The first-order valence-corrected chi connectivity index (χ1v) is 12.2. The minimum atomic E-state index is -3.49. The van der Waals surface area contributed by atoms with Gasteiger partial charge >= 0.3 is 0 Å². The molecule has 0 fully saturated rings. The van der Waals surface area contributed by atoms with Gasteiger partial charge in [0, 0.05) is 20.0 Å². The molecule has 9 nitrogen and oxygen atoms in total. The third-order valence-electron chi connectivity index (χ3n) is 4.52. The number of aromatic nitrogens is 2. The van der Waals surface area contributed by atoms with E-state index < -0.39 is 10.0 Å². The number of thiophene rings is 1. The van der Waals surface area contributed by atoms with Crippen LogP contribution in [-0.2, 0) is 21.4 Å². The van der Waals surface area contributed by atoms with Crippen molar-refractivity contribution in [2.45, 2.75) is 19.4 Å². The first-order valence-electron chi connectivity index (χ1n) is 9.50. The molecule has 31 heavy (non-hydrogen) atoms. The number of sulfonamides is 1. The lowest BCUT2D eigenvalue weighted by atomic mass is 10.2. The highest BCUT2D eigenvalue weighted by Crippen LogP contribution is 2.23. The van der Waals surface area contributed by atoms with Crippen LogP contribution in [0, 0.1) is 0 Å². The molecule has 1 aromatic carbocycles. The molecular weight excluding hydrogens is 440 g/mol. The number of methoxy groups -OCH3 is 1. The first-order chi connectivity index (χ1) is 14.8. The fourth-order valence-corrected chi connectivity index (χ4v) is 4.53. The van der Waals surface area contributed by atoms with Crippen LogP contribution in [0.5, 0.6) is 5.75 Å². The van der Waals surface area contributed by atoms with Crippen molar-refractivity contribution in [3.05, 3.63) is 47.7 Å². The number of rotatable bonds is 10. The summed E-state index contributed by atoms with van der Waals surface area (Å²) >= 11 is 1.50. The van der Waals surface area contributed by atoms with E-state index in [2.05, 4.69) is 10.1 Å². The summed E-state index contributed by atoms with van der Waals surface area (Å²) in [4.78, 5) is 19.2. The van der Waals surface area contributed by atoms with Gasteiger partial charge < -0.3 is 14.2 Å². The van der Waals surface area contributed by atoms with Crippen molar-refractivity contribution in [2.24, 2.45) is 0 Å². The molecule has 3 rings (SSSR count). The van der Waals surface area contributed by atoms with Gasteiger partial charge in [-0.25, -0.2) is 8.42 Å². The lowest BCUT2D eigenvalue weighted by molar-refractivity contribution is -0.130. The van der Waals surface area contributed by atoms with E-state index in [-0.39, 0.29) is 25.4 Å². The maximum absolute atomic E-state index is 12.5. The average Bonchev–Trinajstić information content (AvgIpc) is 3.42. The molecule has 0 aliphatic rings. The third-order valence-corrected chi connectivity index (χ3v) is 6.58. The second-order valence-corrected chi connectivity index (χ2v) is 9.73. The average molecular weight is 465 g/mol. The van der Waals surface area contributed by atoms with Crippen molar-refractivity contribution in [3.8, 4) is 16.5 Å². The van der Waals surface area contributed by atoms with E-state index in [0.717, 1.165) is 11.1 Å². The van der Waals surface area contributed by atoms with Crippen molar-refractivity contribution in [3.63, 3.8) is 0 Å². The minimum Gasteiger partial charge on any atom is -0.497 e. The smallest absolute Gasteiger partial charge is 0.246 e. The number of hydrogen-bond donors (Lipinski definition) is 0. The van der Waals surface area contributed by atoms with E-state index in [1.54, 1.807) is 38.4 Å². The Morgan fingerprint density at radius 3 is 2.58 bits per heavy atom. The summed E-state index contributed by atoms with van der Waals surface area (Å²) in [6.07, 6.45) is 1.70. The molecule has 1 amide bonds. The minimum absolute atomic E-state index is 0.140. The molecule has 0 atom stereocenters. The Morgan fingerprint density at radius 2 is 1.97 bits per heavy atom. The lowest BCUT2D eigenvalue weighted by Gasteiger charge is -2.23. The van der Waals surface area contributed by atoms with E-state index in [1.165, 1.54) is 20.5 Å². The Balaban J connectivity index is 1.54. The Bertz CT molecular complexity index is 1100. The summed E-state index contributed by atoms with van der Waals surface area (Å²) in [6.45, 7) is 0.374. The molecule has 0 saturated carbocycles. The molecule has 3 aromatic rings. The van der Waals surface area contributed by atoms with Crippen LogP contribution in [0.25, 0.3) is 10.7 Å². The number of carbonyl (C=O) groups is 1. The van der Waals surface area contributed by atoms with Crippen molar-refractivity contribution >= 4 is 33.0 Å². The maximum atomic E-state index is 12.5. The Kier molecular flexibility index (Phi) is 7.29. The summed E-state index contributed by atoms with van der Waals surface area (Å²) in [5, 5.41) is 5.86. The number of nitrogens with zero attached hydrogens (tertiary/aromatic N) is 4. The number of amides is 1. The monoisotopic (exact) mass is 464 g/mol. The zero-order valence-electron chi connectivity index (χ0n) is 17.5. The molecule has 2 aromatic heterocycles. The van der Waals surface area contributed by atoms with E-state index in [9.17, 15) is 13.2 Å². The summed E-state index contributed by atoms with van der Waals surface area (Å²) in [6, 6.07) is 10.5. The van der Waals surface area contributed by atoms with Gasteiger partial charge in [-0.15, -0.1) is 11.3 Å². The molecule has 0 radical (unpaired) electrons. The molecular formula is C20H24N4O5S2. The summed E-state index contributed by atoms with van der Waals surface area (Å²) < 4.78 is 36.0. The van der Waals surface area contributed by atoms with Crippen molar-refractivity contribution in [2.75, 3.05) is 31.3 Å². The fourth-order valence-electron chi connectivity index (χ4n) is 2.92. The predicted octanol–water partition coefficient (Wildman–Crippen LogP) is 3.01. The number of anilines is 1. The molecule has 0 spiro atoms. The summed E-state index contributed by atoms with van der Waals surface area (Å²) in [7, 11) is -0.295. The Labute approximate surface area is 185 Å². The Hall–Kier alpha value is -2.92. The highest BCUT2D eigenvalue weighted by atomic mass is 32.2. The van der Waals surface area contributed by atoms with Gasteiger partial charge in [0.1, 0.15) is 5.75 Å². The zero-order chi connectivity index (χ0) is 22.4. The number of carbonyl (C=O) groups excluding carboxylic acids is 1. The zero-order valence-corrected chi connectivity index (χ0v) is 19.1. The molecule has 0 saturated heterocycles. The SMILES string of the molecule is COc1ccc(N(CCCC(=O)N(C)Cc2nc(-c3cccs3)no2)S(C)(=O)=O)cc1. The van der Waals surface area contributed by atoms with Gasteiger partial charge in [-0.05, 0) is 42.1 Å². The van der Waals surface area contributed by atoms with Gasteiger partial charge in [-0.3, -0.25) is 9.10 Å². The lowest BCUT2D eigenvalue weighted by Crippen LogP contribution is -2.32. The summed E-state index contributed by atoms with van der Waals surface area (Å²) in [5.74, 6) is 1.33. The van der Waals surface area contributed by atoms with Crippen LogP contribution in [0.2, 0.25) is 0 Å². The van der Waals surface area contributed by atoms with E-state index >= 15 is 0 Å². The molecule has 0 unspecified atom stereocenters. The van der Waals surface area contributed by atoms with Crippen LogP contribution in [0.1, 0.15) is 18.7 Å². The van der Waals surface area contributed by atoms with Gasteiger partial charge in [-0.1, -0.05) is 11.2 Å². The number of ether oxygens (including phenoxy) is 1. The molecule has 0 N–H and O–H groups in total. The van der Waals surface area contributed by atoms with Crippen LogP contribution in [0.15, 0.2) is 46.3 Å². The van der Waals surface area contributed by atoms with Crippen LogP contribution < -0.4 is 9.04 Å². The van der Waals surface area contributed by atoms with E-state index in [1.807, 2.05) is 17.5 Å². The molecule has 2 heterocycles. The third kappa shape index (κ3) is 6.05. The van der Waals surface area contributed by atoms with Crippen molar-refractivity contribution in [1.29, 1.82) is 0 Å². The molecule has 0 aliphatic carbocycles. The highest BCUT2D eigenvalue weighted by molar-refractivity contribution is 7.92. The van der Waals surface area contributed by atoms with E-state index in [0.29, 0.717) is 29.6 Å². The second-order valence-electron chi connectivity index (χ2n) is 6.88. The van der Waals surface area contributed by atoms with Crippen LogP contribution in [0.4, 0.5) is 5.69 Å². The molecule has 11 heteroatoms. The summed E-state index contributed by atoms with van der Waals surface area (Å²) in [5.41, 5.74) is 0.524. The number of benzene rings is 1. The largest absolute Gasteiger partial charge is 0.497 e. The van der Waals surface area contributed by atoms with Crippen LogP contribution >= 0.6 is 11.3 Å². The highest BCUT2D eigenvalue weighted by Gasteiger charge is 2.19. The maximum Gasteiger partial charge on any atom is 0.246 e. The second kappa shape index (κ2) is 9.92. The standard InChI is InChI=1S/C20H24N4O5S2/c1-23(14-18-21-20(22-29-18)17-6-5-13-30-17)19(25)7-4-12-24(31(3,26)27)15-8-10-16(28-2)11-9-15/h5-6,8-11,13H,4,7,12,14H2,1-3H3. The molecule has 0 bridgehead atoms. The predicted molar refractivity (Wildman–Crippen MR) is 119 cm³/mol. The van der Waals surface area contributed by atoms with E-state index in [4.69, 9.17) is 9.26 Å². The van der Waals surface area contributed by atoms with Gasteiger partial charge in [0.15, 0.2) is 0 Å². The molecule has 166 valence electrons. The van der Waals surface area contributed by atoms with Crippen molar-refractivity contribution in [1.82, 2.24) is 15.0 Å². The quantitative estimate of drug-likeness (QED) is 0.454. The first kappa shape index (κ1) is 22.8. The number of hydrogen-bond acceptors (Lipinski definition) is 8. The van der Waals surface area contributed by atoms with Gasteiger partial charge in [0.05, 0.1) is 30.5 Å². The van der Waals surface area contributed by atoms with Crippen LogP contribution in [0.3, 0.4) is 0 Å². The van der Waals surface area contributed by atoms with Gasteiger partial charge in [0.25, 0.3) is 0 Å². The topological polar surface area (TPSA) is 106 Å². The van der Waals surface area contributed by atoms with Crippen LogP contribution in [-0.4, -0.2) is 56.3 Å². The Morgan fingerprint density at radius 1 is 1.23 bits per heavy atom.